The fraction of sp³-hybridized carbons (Fsp3) is 0.375. The van der Waals surface area contributed by atoms with Crippen molar-refractivity contribution in [1.29, 1.82) is 0 Å². The van der Waals surface area contributed by atoms with Gasteiger partial charge in [0.2, 0.25) is 0 Å². The molecule has 5 rings (SSSR count). The zero-order valence-electron chi connectivity index (χ0n) is 17.0. The van der Waals surface area contributed by atoms with Gasteiger partial charge in [0.1, 0.15) is 0 Å². The Morgan fingerprint density at radius 2 is 1.93 bits per heavy atom. The number of methoxy groups -OCH3 is 1. The van der Waals surface area contributed by atoms with E-state index >= 15 is 0 Å². The molecule has 4 atom stereocenters. The lowest BCUT2D eigenvalue weighted by Crippen LogP contribution is -2.61. The van der Waals surface area contributed by atoms with Crippen LogP contribution in [-0.4, -0.2) is 47.6 Å². The second-order valence-corrected chi connectivity index (χ2v) is 9.70. The molecule has 2 aromatic rings. The first-order valence-electron chi connectivity index (χ1n) is 10.2. The molecule has 6 heteroatoms. The number of benzene rings is 2. The average molecular weight is 424 g/mol. The summed E-state index contributed by atoms with van der Waals surface area (Å²) in [5.41, 5.74) is 1.22. The minimum absolute atomic E-state index is 0.00492. The van der Waals surface area contributed by atoms with E-state index in [9.17, 15) is 15.0 Å². The van der Waals surface area contributed by atoms with Gasteiger partial charge >= 0.3 is 0 Å². The van der Waals surface area contributed by atoms with E-state index in [2.05, 4.69) is 24.1 Å². The van der Waals surface area contributed by atoms with E-state index < -0.39 is 5.41 Å². The Hall–Kier alpha value is -2.44. The number of hydrogen-bond donors (Lipinski definition) is 2. The molecular weight excluding hydrogens is 398 g/mol. The van der Waals surface area contributed by atoms with Crippen molar-refractivity contribution in [2.24, 2.45) is 5.92 Å². The van der Waals surface area contributed by atoms with E-state index in [4.69, 9.17) is 4.74 Å². The predicted molar refractivity (Wildman–Crippen MR) is 116 cm³/mol. The van der Waals surface area contributed by atoms with Gasteiger partial charge in [-0.2, -0.15) is 0 Å². The third-order valence-electron chi connectivity index (χ3n) is 7.04. The number of carbonyl (C=O) groups is 1. The maximum Gasteiger partial charge on any atom is 0.197 e. The zero-order valence-corrected chi connectivity index (χ0v) is 17.9. The van der Waals surface area contributed by atoms with Crippen molar-refractivity contribution in [1.82, 2.24) is 4.90 Å². The number of carbonyl (C=O) groups excluding carboxylic acids is 1. The molecule has 4 unspecified atom stereocenters. The maximum atomic E-state index is 12.9. The van der Waals surface area contributed by atoms with Crippen LogP contribution in [0.3, 0.4) is 0 Å². The second-order valence-electron chi connectivity index (χ2n) is 8.49. The highest BCUT2D eigenvalue weighted by Crippen LogP contribution is 2.63. The van der Waals surface area contributed by atoms with Gasteiger partial charge in [-0.15, -0.1) is 11.8 Å². The first kappa shape index (κ1) is 19.5. The molecule has 1 heterocycles. The van der Waals surface area contributed by atoms with Crippen LogP contribution in [0.1, 0.15) is 29.2 Å². The summed E-state index contributed by atoms with van der Waals surface area (Å²) in [6, 6.07) is 13.9. The third-order valence-corrected chi connectivity index (χ3v) is 8.37. The monoisotopic (exact) mass is 423 g/mol. The molecule has 156 valence electrons. The standard InChI is InChI=1S/C24H25NO4S/c1-25-11-10-24-13-18(27)19(29-2)12-16(24)21(25)23(30-14-6-4-3-5-7-14)15-8-9-17(26)22(28)20(15)24/h3-9,12,16,21,23,26,28H,10-11,13H2,1-2H3. The summed E-state index contributed by atoms with van der Waals surface area (Å²) in [6.07, 6.45) is 3.00. The Morgan fingerprint density at radius 1 is 1.17 bits per heavy atom. The Kier molecular flexibility index (Phi) is 4.60. The van der Waals surface area contributed by atoms with Crippen molar-refractivity contribution in [3.8, 4) is 11.5 Å². The molecule has 5 nitrogen and oxygen atoms in total. The van der Waals surface area contributed by atoms with E-state index in [0.717, 1.165) is 29.0 Å². The Morgan fingerprint density at radius 3 is 2.67 bits per heavy atom. The quantitative estimate of drug-likeness (QED) is 0.727. The number of allylic oxidation sites excluding steroid dienone is 1. The maximum absolute atomic E-state index is 12.9. The number of phenols is 2. The summed E-state index contributed by atoms with van der Waals surface area (Å²) in [7, 11) is 3.67. The second kappa shape index (κ2) is 7.06. The summed E-state index contributed by atoms with van der Waals surface area (Å²) in [6.45, 7) is 0.824. The molecule has 0 amide bonds. The number of hydrogen-bond acceptors (Lipinski definition) is 6. The smallest absolute Gasteiger partial charge is 0.197 e. The molecule has 2 bridgehead atoms. The van der Waals surface area contributed by atoms with E-state index in [1.807, 2.05) is 30.3 Å². The van der Waals surface area contributed by atoms with Crippen LogP contribution in [0.4, 0.5) is 0 Å². The lowest BCUT2D eigenvalue weighted by atomic mass is 9.53. The number of phenolic OH excluding ortho intramolecular Hbond substituents is 2. The molecule has 0 saturated carbocycles. The number of likely N-dealkylation sites (tertiary alicyclic amines) is 1. The lowest BCUT2D eigenvalue weighted by molar-refractivity contribution is -0.122. The van der Waals surface area contributed by atoms with Gasteiger partial charge in [-0.3, -0.25) is 4.79 Å². The summed E-state index contributed by atoms with van der Waals surface area (Å²) in [5.74, 6) is 0.158. The van der Waals surface area contributed by atoms with Gasteiger partial charge < -0.3 is 19.8 Å². The van der Waals surface area contributed by atoms with Gasteiger partial charge in [-0.25, -0.2) is 0 Å². The molecule has 30 heavy (non-hydrogen) atoms. The molecule has 3 aliphatic rings. The zero-order chi connectivity index (χ0) is 21.0. The van der Waals surface area contributed by atoms with Gasteiger partial charge in [0.05, 0.1) is 12.4 Å². The highest BCUT2D eigenvalue weighted by molar-refractivity contribution is 7.99. The number of Topliss-reactive ketones (excluding diaryl/α,β-unsaturated/α-hetero) is 1. The van der Waals surface area contributed by atoms with Crippen LogP contribution in [0.25, 0.3) is 0 Å². The van der Waals surface area contributed by atoms with Gasteiger partial charge in [0.25, 0.3) is 0 Å². The van der Waals surface area contributed by atoms with Crippen LogP contribution >= 0.6 is 11.8 Å². The van der Waals surface area contributed by atoms with Crippen molar-refractivity contribution in [2.45, 2.75) is 34.4 Å². The van der Waals surface area contributed by atoms with E-state index in [1.165, 1.54) is 7.11 Å². The van der Waals surface area contributed by atoms with Crippen molar-refractivity contribution in [3.63, 3.8) is 0 Å². The third kappa shape index (κ3) is 2.70. The van der Waals surface area contributed by atoms with Crippen molar-refractivity contribution in [3.05, 3.63) is 65.4 Å². The number of ketones is 1. The van der Waals surface area contributed by atoms with Gasteiger partial charge in [-0.1, -0.05) is 24.3 Å². The number of fused-ring (bicyclic) bond motifs is 1. The van der Waals surface area contributed by atoms with Crippen molar-refractivity contribution in [2.75, 3.05) is 20.7 Å². The highest BCUT2D eigenvalue weighted by Gasteiger charge is 2.59. The minimum atomic E-state index is -0.526. The number of piperidine rings is 1. The SMILES string of the molecule is COC1=CC2C3C(Sc4ccccc4)c4ccc(O)c(O)c4C2(CCN3C)CC1=O. The Balaban J connectivity index is 1.76. The molecule has 1 saturated heterocycles. The predicted octanol–water partition coefficient (Wildman–Crippen LogP) is 4.01. The van der Waals surface area contributed by atoms with Crippen LogP contribution < -0.4 is 0 Å². The highest BCUT2D eigenvalue weighted by atomic mass is 32.2. The molecule has 0 radical (unpaired) electrons. The van der Waals surface area contributed by atoms with Crippen LogP contribution in [-0.2, 0) is 14.9 Å². The molecular formula is C24H25NO4S. The summed E-state index contributed by atoms with van der Waals surface area (Å²) in [5, 5.41) is 21.4. The van der Waals surface area contributed by atoms with Crippen LogP contribution in [0.5, 0.6) is 11.5 Å². The fourth-order valence-corrected chi connectivity index (χ4v) is 7.13. The van der Waals surface area contributed by atoms with Gasteiger partial charge in [0, 0.05) is 34.3 Å². The van der Waals surface area contributed by atoms with Crippen molar-refractivity contribution < 1.29 is 19.7 Å². The number of rotatable bonds is 3. The van der Waals surface area contributed by atoms with E-state index in [-0.39, 0.29) is 40.9 Å². The first-order valence-corrected chi connectivity index (χ1v) is 11.1. The summed E-state index contributed by atoms with van der Waals surface area (Å²) < 4.78 is 5.42. The fourth-order valence-electron chi connectivity index (χ4n) is 5.69. The molecule has 0 spiro atoms. The number of thioether (sulfide) groups is 1. The number of ether oxygens (including phenoxy) is 1. The molecule has 1 fully saturated rings. The molecule has 2 aliphatic carbocycles. The summed E-state index contributed by atoms with van der Waals surface area (Å²) in [4.78, 5) is 16.4. The van der Waals surface area contributed by atoms with Crippen molar-refractivity contribution >= 4 is 17.5 Å². The first-order chi connectivity index (χ1) is 14.5. The summed E-state index contributed by atoms with van der Waals surface area (Å²) >= 11 is 1.77. The molecule has 2 N–H and O–H groups in total. The number of nitrogens with zero attached hydrogens (tertiary/aromatic N) is 1. The van der Waals surface area contributed by atoms with Crippen LogP contribution in [0.2, 0.25) is 0 Å². The van der Waals surface area contributed by atoms with Crippen LogP contribution in [0.15, 0.2) is 59.2 Å². The average Bonchev–Trinajstić information content (AvgIpc) is 2.74. The normalized spacial score (nSPS) is 30.3. The topological polar surface area (TPSA) is 70.0 Å². The van der Waals surface area contributed by atoms with E-state index in [1.54, 1.807) is 17.8 Å². The van der Waals surface area contributed by atoms with Crippen LogP contribution in [0, 0.1) is 5.92 Å². The minimum Gasteiger partial charge on any atom is -0.504 e. The molecule has 2 aromatic carbocycles. The Bertz CT molecular complexity index is 1040. The van der Waals surface area contributed by atoms with Gasteiger partial charge in [0.15, 0.2) is 23.0 Å². The number of likely N-dealkylation sites (N-methyl/N-ethyl adjacent to an activating group) is 1. The van der Waals surface area contributed by atoms with E-state index in [0.29, 0.717) is 5.76 Å². The number of aromatic hydroxyl groups is 2. The molecule has 0 aromatic heterocycles. The van der Waals surface area contributed by atoms with Gasteiger partial charge in [-0.05, 0) is 49.9 Å². The molecule has 1 aliphatic heterocycles. The lowest BCUT2D eigenvalue weighted by Gasteiger charge is -2.58. The largest absolute Gasteiger partial charge is 0.504 e. The Labute approximate surface area is 180 Å².